The fraction of sp³-hybridized carbons (Fsp3) is 0.278. The summed E-state index contributed by atoms with van der Waals surface area (Å²) in [6, 6.07) is 18.4. The molecular formula is C18H20N2O. The zero-order valence-corrected chi connectivity index (χ0v) is 12.5. The molecule has 0 radical (unpaired) electrons. The van der Waals surface area contributed by atoms with Crippen LogP contribution in [0.3, 0.4) is 0 Å². The van der Waals surface area contributed by atoms with Crippen LogP contribution in [-0.2, 0) is 6.42 Å². The van der Waals surface area contributed by atoms with Gasteiger partial charge in [-0.1, -0.05) is 37.3 Å². The van der Waals surface area contributed by atoms with Crippen molar-refractivity contribution in [3.63, 3.8) is 0 Å². The molecule has 108 valence electrons. The molecule has 1 N–H and O–H groups in total. The van der Waals surface area contributed by atoms with Gasteiger partial charge in [0.25, 0.3) is 0 Å². The predicted molar refractivity (Wildman–Crippen MR) is 85.6 cm³/mol. The fourth-order valence-corrected chi connectivity index (χ4v) is 2.30. The van der Waals surface area contributed by atoms with Gasteiger partial charge in [0.15, 0.2) is 0 Å². The van der Waals surface area contributed by atoms with Gasteiger partial charge in [-0.3, -0.25) is 0 Å². The predicted octanol–water partition coefficient (Wildman–Crippen LogP) is 4.00. The third kappa shape index (κ3) is 4.00. The van der Waals surface area contributed by atoms with Crippen LogP contribution in [0.25, 0.3) is 0 Å². The highest BCUT2D eigenvalue weighted by atomic mass is 16.5. The first-order valence-corrected chi connectivity index (χ1v) is 7.15. The molecule has 0 bridgehead atoms. The highest BCUT2D eigenvalue weighted by Crippen LogP contribution is 2.27. The van der Waals surface area contributed by atoms with Gasteiger partial charge < -0.3 is 10.1 Å². The third-order valence-electron chi connectivity index (χ3n) is 3.51. The van der Waals surface area contributed by atoms with E-state index in [1.807, 2.05) is 12.1 Å². The molecule has 0 spiro atoms. The lowest BCUT2D eigenvalue weighted by molar-refractivity contribution is 0.415. The summed E-state index contributed by atoms with van der Waals surface area (Å²) in [5, 5.41) is 12.5. The van der Waals surface area contributed by atoms with Crippen molar-refractivity contribution in [2.75, 3.05) is 12.4 Å². The van der Waals surface area contributed by atoms with E-state index in [4.69, 9.17) is 10.00 Å². The van der Waals surface area contributed by atoms with Crippen LogP contribution in [0.4, 0.5) is 5.69 Å². The summed E-state index contributed by atoms with van der Waals surface area (Å²) in [6.45, 7) is 2.16. The lowest BCUT2D eigenvalue weighted by Gasteiger charge is -2.20. The average Bonchev–Trinajstić information content (AvgIpc) is 2.55. The van der Waals surface area contributed by atoms with Crippen molar-refractivity contribution in [2.24, 2.45) is 0 Å². The van der Waals surface area contributed by atoms with Crippen LogP contribution in [0, 0.1) is 11.3 Å². The highest BCUT2D eigenvalue weighted by Gasteiger charge is 2.11. The normalized spacial score (nSPS) is 11.5. The van der Waals surface area contributed by atoms with Crippen LogP contribution >= 0.6 is 0 Å². The number of hydrogen-bond donors (Lipinski definition) is 1. The van der Waals surface area contributed by atoms with Crippen LogP contribution in [0.15, 0.2) is 48.5 Å². The molecule has 0 aromatic heterocycles. The topological polar surface area (TPSA) is 45.0 Å². The first-order chi connectivity index (χ1) is 10.3. The summed E-state index contributed by atoms with van der Waals surface area (Å²) in [6.07, 6.45) is 1.97. The van der Waals surface area contributed by atoms with Crippen molar-refractivity contribution in [3.05, 3.63) is 59.7 Å². The van der Waals surface area contributed by atoms with Gasteiger partial charge in [0, 0.05) is 12.1 Å². The molecule has 1 atom stereocenters. The number of methoxy groups -OCH3 is 1. The fourth-order valence-electron chi connectivity index (χ4n) is 2.30. The highest BCUT2D eigenvalue weighted by molar-refractivity contribution is 5.60. The van der Waals surface area contributed by atoms with E-state index in [0.29, 0.717) is 17.4 Å². The van der Waals surface area contributed by atoms with Gasteiger partial charge in [0.2, 0.25) is 0 Å². The Labute approximate surface area is 126 Å². The Bertz CT molecular complexity index is 617. The molecule has 0 aliphatic heterocycles. The second kappa shape index (κ2) is 7.35. The number of benzene rings is 2. The molecule has 21 heavy (non-hydrogen) atoms. The van der Waals surface area contributed by atoms with Crippen molar-refractivity contribution >= 4 is 5.69 Å². The first kappa shape index (κ1) is 14.9. The molecule has 0 heterocycles. The van der Waals surface area contributed by atoms with Gasteiger partial charge in [-0.25, -0.2) is 0 Å². The molecule has 2 rings (SSSR count). The summed E-state index contributed by atoms with van der Waals surface area (Å²) < 4.78 is 5.37. The average molecular weight is 280 g/mol. The minimum atomic E-state index is 0.328. The quantitative estimate of drug-likeness (QED) is 0.870. The summed E-state index contributed by atoms with van der Waals surface area (Å²) in [5.74, 6) is 0.709. The Kier molecular flexibility index (Phi) is 5.22. The Balaban J connectivity index is 2.13. The van der Waals surface area contributed by atoms with E-state index in [1.165, 1.54) is 5.56 Å². The number of nitrogens with one attached hydrogen (secondary N) is 1. The Morgan fingerprint density at radius 1 is 1.19 bits per heavy atom. The van der Waals surface area contributed by atoms with Crippen molar-refractivity contribution in [1.82, 2.24) is 0 Å². The van der Waals surface area contributed by atoms with Gasteiger partial charge in [0.1, 0.15) is 5.75 Å². The number of rotatable bonds is 6. The molecular weight excluding hydrogens is 260 g/mol. The molecule has 0 amide bonds. The Hall–Kier alpha value is -2.47. The van der Waals surface area contributed by atoms with E-state index in [9.17, 15) is 0 Å². The van der Waals surface area contributed by atoms with Gasteiger partial charge in [-0.05, 0) is 30.5 Å². The van der Waals surface area contributed by atoms with Crippen LogP contribution in [0.2, 0.25) is 0 Å². The van der Waals surface area contributed by atoms with E-state index in [2.05, 4.69) is 42.6 Å². The maximum absolute atomic E-state index is 8.95. The molecule has 3 nitrogen and oxygen atoms in total. The van der Waals surface area contributed by atoms with Crippen LogP contribution in [-0.4, -0.2) is 13.2 Å². The van der Waals surface area contributed by atoms with E-state index in [0.717, 1.165) is 18.5 Å². The molecule has 0 aliphatic carbocycles. The molecule has 0 fully saturated rings. The van der Waals surface area contributed by atoms with Gasteiger partial charge >= 0.3 is 0 Å². The summed E-state index contributed by atoms with van der Waals surface area (Å²) in [7, 11) is 1.62. The summed E-state index contributed by atoms with van der Waals surface area (Å²) in [4.78, 5) is 0. The molecule has 3 heteroatoms. The number of ether oxygens (including phenoxy) is 1. The number of nitrogens with zero attached hydrogens (tertiary/aromatic N) is 1. The smallest absolute Gasteiger partial charge is 0.143 e. The lowest BCUT2D eigenvalue weighted by Crippen LogP contribution is -2.21. The number of anilines is 1. The first-order valence-electron chi connectivity index (χ1n) is 7.15. The molecule has 2 aromatic carbocycles. The van der Waals surface area contributed by atoms with Gasteiger partial charge in [-0.2, -0.15) is 5.26 Å². The van der Waals surface area contributed by atoms with Gasteiger partial charge in [-0.15, -0.1) is 0 Å². The Morgan fingerprint density at radius 2 is 1.95 bits per heavy atom. The molecule has 1 unspecified atom stereocenters. The second-order valence-corrected chi connectivity index (χ2v) is 4.97. The molecule has 0 saturated heterocycles. The van der Waals surface area contributed by atoms with Crippen LogP contribution in [0.1, 0.15) is 24.5 Å². The second-order valence-electron chi connectivity index (χ2n) is 4.97. The molecule has 2 aromatic rings. The maximum Gasteiger partial charge on any atom is 0.143 e. The van der Waals surface area contributed by atoms with Crippen molar-refractivity contribution in [2.45, 2.75) is 25.8 Å². The van der Waals surface area contributed by atoms with Crippen molar-refractivity contribution in [3.8, 4) is 11.8 Å². The number of hydrogen-bond acceptors (Lipinski definition) is 3. The monoisotopic (exact) mass is 280 g/mol. The van der Waals surface area contributed by atoms with E-state index >= 15 is 0 Å². The third-order valence-corrected chi connectivity index (χ3v) is 3.51. The van der Waals surface area contributed by atoms with Crippen LogP contribution in [0.5, 0.6) is 5.75 Å². The van der Waals surface area contributed by atoms with Crippen molar-refractivity contribution in [1.29, 1.82) is 5.26 Å². The summed E-state index contributed by atoms with van der Waals surface area (Å²) >= 11 is 0. The Morgan fingerprint density at radius 3 is 2.57 bits per heavy atom. The van der Waals surface area contributed by atoms with E-state index in [-0.39, 0.29) is 0 Å². The van der Waals surface area contributed by atoms with Crippen LogP contribution < -0.4 is 10.1 Å². The zero-order chi connectivity index (χ0) is 15.1. The SMILES string of the molecule is CCC(Cc1ccccc1)Nc1ccc(C#N)cc1OC. The zero-order valence-electron chi connectivity index (χ0n) is 12.5. The van der Waals surface area contributed by atoms with E-state index < -0.39 is 0 Å². The minimum Gasteiger partial charge on any atom is -0.495 e. The van der Waals surface area contributed by atoms with Crippen molar-refractivity contribution < 1.29 is 4.74 Å². The molecule has 0 saturated carbocycles. The molecule has 0 aliphatic rings. The van der Waals surface area contributed by atoms with E-state index in [1.54, 1.807) is 19.2 Å². The number of nitriles is 1. The maximum atomic E-state index is 8.95. The van der Waals surface area contributed by atoms with Gasteiger partial charge in [0.05, 0.1) is 24.4 Å². The summed E-state index contributed by atoms with van der Waals surface area (Å²) in [5.41, 5.74) is 2.84. The lowest BCUT2D eigenvalue weighted by atomic mass is 10.0. The minimum absolute atomic E-state index is 0.328. The standard InChI is InChI=1S/C18H20N2O/c1-3-16(11-14-7-5-4-6-8-14)20-17-10-9-15(13-19)12-18(17)21-2/h4-10,12,16,20H,3,11H2,1-2H3. The largest absolute Gasteiger partial charge is 0.495 e.